The molecule has 2 rings (SSSR count). The van der Waals surface area contributed by atoms with Crippen LogP contribution in [0, 0.1) is 0 Å². The molecule has 19 heavy (non-hydrogen) atoms. The van der Waals surface area contributed by atoms with Crippen molar-refractivity contribution in [2.75, 3.05) is 12.8 Å². The van der Waals surface area contributed by atoms with Crippen molar-refractivity contribution in [2.45, 2.75) is 0 Å². The molecule has 0 radical (unpaired) electrons. The van der Waals surface area contributed by atoms with Gasteiger partial charge in [-0.3, -0.25) is 4.79 Å². The van der Waals surface area contributed by atoms with Crippen LogP contribution in [0.25, 0.3) is 0 Å². The molecule has 0 heterocycles. The Morgan fingerprint density at radius 2 is 1.79 bits per heavy atom. The molecule has 2 aromatic carbocycles. The fourth-order valence-electron chi connectivity index (χ4n) is 1.60. The normalized spacial score (nSPS) is 9.95. The second-order valence-electron chi connectivity index (χ2n) is 3.94. The molecular formula is C14H14N2O3. The van der Waals surface area contributed by atoms with Gasteiger partial charge in [-0.25, -0.2) is 0 Å². The molecule has 0 aliphatic heterocycles. The van der Waals surface area contributed by atoms with E-state index < -0.39 is 5.91 Å². The molecule has 0 unspecified atom stereocenters. The third-order valence-electron chi connectivity index (χ3n) is 2.49. The number of carbonyl (C=O) groups is 1. The van der Waals surface area contributed by atoms with Crippen LogP contribution in [0.4, 0.5) is 5.69 Å². The maximum Gasteiger partial charge on any atom is 0.248 e. The molecule has 4 N–H and O–H groups in total. The molecule has 0 saturated heterocycles. The van der Waals surface area contributed by atoms with Gasteiger partial charge in [-0.05, 0) is 24.3 Å². The molecule has 0 saturated carbocycles. The maximum absolute atomic E-state index is 11.2. The molecule has 0 aromatic heterocycles. The van der Waals surface area contributed by atoms with E-state index >= 15 is 0 Å². The zero-order valence-electron chi connectivity index (χ0n) is 10.4. The van der Waals surface area contributed by atoms with E-state index in [-0.39, 0.29) is 0 Å². The first-order valence-electron chi connectivity index (χ1n) is 5.61. The summed E-state index contributed by atoms with van der Waals surface area (Å²) < 4.78 is 10.7. The molecule has 0 spiro atoms. The first kappa shape index (κ1) is 12.8. The Labute approximate surface area is 110 Å². The summed E-state index contributed by atoms with van der Waals surface area (Å²) >= 11 is 0. The van der Waals surface area contributed by atoms with Gasteiger partial charge >= 0.3 is 0 Å². The summed E-state index contributed by atoms with van der Waals surface area (Å²) in [7, 11) is 1.50. The van der Waals surface area contributed by atoms with Gasteiger partial charge in [0.05, 0.1) is 7.11 Å². The van der Waals surface area contributed by atoms with Crippen LogP contribution in [-0.2, 0) is 0 Å². The van der Waals surface area contributed by atoms with Gasteiger partial charge in [0.15, 0.2) is 0 Å². The quantitative estimate of drug-likeness (QED) is 0.823. The summed E-state index contributed by atoms with van der Waals surface area (Å²) in [6.07, 6.45) is 0. The highest BCUT2D eigenvalue weighted by atomic mass is 16.5. The number of methoxy groups -OCH3 is 1. The molecule has 0 bridgehead atoms. The van der Waals surface area contributed by atoms with Gasteiger partial charge in [0, 0.05) is 23.4 Å². The highest BCUT2D eigenvalue weighted by molar-refractivity contribution is 5.93. The molecule has 1 amide bonds. The summed E-state index contributed by atoms with van der Waals surface area (Å²) in [5.74, 6) is 0.981. The van der Waals surface area contributed by atoms with E-state index in [1.54, 1.807) is 42.5 Å². The Hall–Kier alpha value is -2.69. The Bertz CT molecular complexity index is 611. The Balaban J connectivity index is 2.34. The number of carbonyl (C=O) groups excluding carboxylic acids is 1. The van der Waals surface area contributed by atoms with Crippen LogP contribution < -0.4 is 20.9 Å². The molecule has 0 fully saturated rings. The molecule has 0 atom stereocenters. The lowest BCUT2D eigenvalue weighted by atomic mass is 10.2. The van der Waals surface area contributed by atoms with E-state index in [1.165, 1.54) is 7.11 Å². The highest BCUT2D eigenvalue weighted by Crippen LogP contribution is 2.28. The van der Waals surface area contributed by atoms with E-state index in [0.717, 1.165) is 0 Å². The van der Waals surface area contributed by atoms with Crippen LogP contribution in [0.1, 0.15) is 10.4 Å². The van der Waals surface area contributed by atoms with Gasteiger partial charge in [-0.1, -0.05) is 6.07 Å². The van der Waals surface area contributed by atoms with Crippen molar-refractivity contribution in [3.63, 3.8) is 0 Å². The lowest BCUT2D eigenvalue weighted by Crippen LogP contribution is -2.11. The lowest BCUT2D eigenvalue weighted by molar-refractivity contribution is 0.0999. The van der Waals surface area contributed by atoms with E-state index in [9.17, 15) is 4.79 Å². The average molecular weight is 258 g/mol. The Kier molecular flexibility index (Phi) is 3.56. The van der Waals surface area contributed by atoms with Gasteiger partial charge in [0.1, 0.15) is 17.2 Å². The van der Waals surface area contributed by atoms with Crippen molar-refractivity contribution < 1.29 is 14.3 Å². The fraction of sp³-hybridized carbons (Fsp3) is 0.0714. The van der Waals surface area contributed by atoms with Gasteiger partial charge in [-0.15, -0.1) is 0 Å². The largest absolute Gasteiger partial charge is 0.497 e. The molecule has 5 nitrogen and oxygen atoms in total. The fourth-order valence-corrected chi connectivity index (χ4v) is 1.60. The topological polar surface area (TPSA) is 87.6 Å². The second kappa shape index (κ2) is 5.30. The molecule has 0 aliphatic rings. The number of anilines is 1. The second-order valence-corrected chi connectivity index (χ2v) is 3.94. The number of benzene rings is 2. The number of ether oxygens (including phenoxy) is 2. The summed E-state index contributed by atoms with van der Waals surface area (Å²) in [4.78, 5) is 11.2. The van der Waals surface area contributed by atoms with Crippen molar-refractivity contribution in [3.05, 3.63) is 48.0 Å². The number of hydrogen-bond donors (Lipinski definition) is 2. The SMILES string of the molecule is COc1cc(Oc2cccc(N)c2)cc(C(N)=O)c1. The zero-order valence-corrected chi connectivity index (χ0v) is 10.4. The number of nitrogens with two attached hydrogens (primary N) is 2. The van der Waals surface area contributed by atoms with Crippen molar-refractivity contribution in [3.8, 4) is 17.2 Å². The summed E-state index contributed by atoms with van der Waals surface area (Å²) in [6.45, 7) is 0. The summed E-state index contributed by atoms with van der Waals surface area (Å²) in [5.41, 5.74) is 11.8. The zero-order chi connectivity index (χ0) is 13.8. The molecule has 98 valence electrons. The predicted octanol–water partition coefficient (Wildman–Crippen LogP) is 2.17. The number of amides is 1. The third kappa shape index (κ3) is 3.16. The molecule has 2 aromatic rings. The molecule has 5 heteroatoms. The van der Waals surface area contributed by atoms with Gasteiger partial charge in [0.2, 0.25) is 5.91 Å². The van der Waals surface area contributed by atoms with E-state index in [1.807, 2.05) is 0 Å². The van der Waals surface area contributed by atoms with Crippen molar-refractivity contribution in [1.82, 2.24) is 0 Å². The minimum Gasteiger partial charge on any atom is -0.497 e. The van der Waals surface area contributed by atoms with Crippen LogP contribution in [0.5, 0.6) is 17.2 Å². The van der Waals surface area contributed by atoms with E-state index in [2.05, 4.69) is 0 Å². The lowest BCUT2D eigenvalue weighted by Gasteiger charge is -2.09. The number of primary amides is 1. The summed E-state index contributed by atoms with van der Waals surface area (Å²) in [5, 5.41) is 0. The monoisotopic (exact) mass is 258 g/mol. The van der Waals surface area contributed by atoms with E-state index in [4.69, 9.17) is 20.9 Å². The van der Waals surface area contributed by atoms with Gasteiger partial charge in [-0.2, -0.15) is 0 Å². The highest BCUT2D eigenvalue weighted by Gasteiger charge is 2.07. The number of nitrogen functional groups attached to an aromatic ring is 1. The standard InChI is InChI=1S/C14H14N2O3/c1-18-12-5-9(14(16)17)6-13(8-12)19-11-4-2-3-10(15)7-11/h2-8H,15H2,1H3,(H2,16,17). The minimum absolute atomic E-state index is 0.318. The average Bonchev–Trinajstić information content (AvgIpc) is 2.38. The maximum atomic E-state index is 11.2. The van der Waals surface area contributed by atoms with E-state index in [0.29, 0.717) is 28.5 Å². The Morgan fingerprint density at radius 3 is 2.42 bits per heavy atom. The minimum atomic E-state index is -0.545. The molecule has 0 aliphatic carbocycles. The number of hydrogen-bond acceptors (Lipinski definition) is 4. The first-order chi connectivity index (χ1) is 9.08. The Morgan fingerprint density at radius 1 is 1.05 bits per heavy atom. The van der Waals surface area contributed by atoms with Crippen LogP contribution >= 0.6 is 0 Å². The van der Waals surface area contributed by atoms with Crippen LogP contribution in [0.15, 0.2) is 42.5 Å². The van der Waals surface area contributed by atoms with Gasteiger partial charge < -0.3 is 20.9 Å². The third-order valence-corrected chi connectivity index (χ3v) is 2.49. The first-order valence-corrected chi connectivity index (χ1v) is 5.61. The van der Waals surface area contributed by atoms with Crippen LogP contribution in [0.3, 0.4) is 0 Å². The van der Waals surface area contributed by atoms with Crippen LogP contribution in [0.2, 0.25) is 0 Å². The predicted molar refractivity (Wildman–Crippen MR) is 72.4 cm³/mol. The van der Waals surface area contributed by atoms with Gasteiger partial charge in [0.25, 0.3) is 0 Å². The smallest absolute Gasteiger partial charge is 0.248 e. The van der Waals surface area contributed by atoms with Crippen molar-refractivity contribution in [2.24, 2.45) is 5.73 Å². The number of rotatable bonds is 4. The van der Waals surface area contributed by atoms with Crippen molar-refractivity contribution >= 4 is 11.6 Å². The molecular weight excluding hydrogens is 244 g/mol. The van der Waals surface area contributed by atoms with Crippen molar-refractivity contribution in [1.29, 1.82) is 0 Å². The van der Waals surface area contributed by atoms with Crippen LogP contribution in [-0.4, -0.2) is 13.0 Å². The summed E-state index contributed by atoms with van der Waals surface area (Å²) in [6, 6.07) is 11.7.